The standard InChI is InChI=1S/C14H19NO3/c1-18-9-11-4-2-3-5-12(11)14(17)15-8-13(16)10-6-7-10/h2-5,10,13,16H,6-9H2,1H3,(H,15,17). The van der Waals surface area contributed by atoms with Crippen molar-refractivity contribution in [2.45, 2.75) is 25.6 Å². The molecule has 1 saturated carbocycles. The van der Waals surface area contributed by atoms with E-state index in [4.69, 9.17) is 4.74 Å². The van der Waals surface area contributed by atoms with Crippen LogP contribution < -0.4 is 5.32 Å². The summed E-state index contributed by atoms with van der Waals surface area (Å²) in [4.78, 5) is 12.0. The third-order valence-corrected chi connectivity index (χ3v) is 3.20. The molecule has 98 valence electrons. The SMILES string of the molecule is COCc1ccccc1C(=O)NCC(O)C1CC1. The summed E-state index contributed by atoms with van der Waals surface area (Å²) in [5, 5.41) is 12.5. The number of ether oxygens (including phenoxy) is 1. The van der Waals surface area contributed by atoms with Crippen LogP contribution in [-0.4, -0.2) is 30.8 Å². The summed E-state index contributed by atoms with van der Waals surface area (Å²) >= 11 is 0. The van der Waals surface area contributed by atoms with Gasteiger partial charge in [0, 0.05) is 19.2 Å². The van der Waals surface area contributed by atoms with Crippen molar-refractivity contribution in [3.8, 4) is 0 Å². The molecule has 0 bridgehead atoms. The van der Waals surface area contributed by atoms with Gasteiger partial charge in [0.05, 0.1) is 12.7 Å². The molecule has 1 aliphatic carbocycles. The molecule has 0 heterocycles. The first kappa shape index (κ1) is 13.1. The lowest BCUT2D eigenvalue weighted by Gasteiger charge is -2.12. The zero-order chi connectivity index (χ0) is 13.0. The summed E-state index contributed by atoms with van der Waals surface area (Å²) in [7, 11) is 1.60. The van der Waals surface area contributed by atoms with Crippen molar-refractivity contribution in [3.63, 3.8) is 0 Å². The fourth-order valence-corrected chi connectivity index (χ4v) is 1.96. The lowest BCUT2D eigenvalue weighted by molar-refractivity contribution is 0.0896. The molecule has 2 N–H and O–H groups in total. The first-order chi connectivity index (χ1) is 8.72. The quantitative estimate of drug-likeness (QED) is 0.799. The van der Waals surface area contributed by atoms with Crippen LogP contribution in [-0.2, 0) is 11.3 Å². The Morgan fingerprint density at radius 2 is 2.22 bits per heavy atom. The molecule has 2 rings (SSSR count). The lowest BCUT2D eigenvalue weighted by Crippen LogP contribution is -2.33. The number of carbonyl (C=O) groups is 1. The third-order valence-electron chi connectivity index (χ3n) is 3.20. The van der Waals surface area contributed by atoms with Gasteiger partial charge in [-0.05, 0) is 30.4 Å². The van der Waals surface area contributed by atoms with Crippen molar-refractivity contribution in [2.24, 2.45) is 5.92 Å². The summed E-state index contributed by atoms with van der Waals surface area (Å²) in [5.74, 6) is 0.224. The number of aliphatic hydroxyl groups excluding tert-OH is 1. The summed E-state index contributed by atoms with van der Waals surface area (Å²) in [6, 6.07) is 7.35. The second-order valence-electron chi connectivity index (χ2n) is 4.70. The molecule has 1 amide bonds. The summed E-state index contributed by atoms with van der Waals surface area (Å²) in [5.41, 5.74) is 1.47. The van der Waals surface area contributed by atoms with E-state index < -0.39 is 6.10 Å². The number of rotatable bonds is 6. The van der Waals surface area contributed by atoms with Crippen LogP contribution in [0.4, 0.5) is 0 Å². The third kappa shape index (κ3) is 3.31. The average molecular weight is 249 g/mol. The van der Waals surface area contributed by atoms with E-state index in [0.717, 1.165) is 18.4 Å². The molecule has 4 nitrogen and oxygen atoms in total. The van der Waals surface area contributed by atoms with Gasteiger partial charge in [-0.1, -0.05) is 18.2 Å². The number of carbonyl (C=O) groups excluding carboxylic acids is 1. The van der Waals surface area contributed by atoms with Crippen LogP contribution in [0.3, 0.4) is 0 Å². The Kier molecular flexibility index (Phi) is 4.33. The predicted molar refractivity (Wildman–Crippen MR) is 68.2 cm³/mol. The maximum absolute atomic E-state index is 12.0. The van der Waals surface area contributed by atoms with Gasteiger partial charge in [0.1, 0.15) is 0 Å². The van der Waals surface area contributed by atoms with Gasteiger partial charge >= 0.3 is 0 Å². The van der Waals surface area contributed by atoms with Gasteiger partial charge in [-0.25, -0.2) is 0 Å². The Morgan fingerprint density at radius 1 is 1.50 bits per heavy atom. The smallest absolute Gasteiger partial charge is 0.251 e. The fraction of sp³-hybridized carbons (Fsp3) is 0.500. The maximum Gasteiger partial charge on any atom is 0.251 e. The number of hydrogen-bond acceptors (Lipinski definition) is 3. The first-order valence-electron chi connectivity index (χ1n) is 6.25. The maximum atomic E-state index is 12.0. The molecular weight excluding hydrogens is 230 g/mol. The summed E-state index contributed by atoms with van der Waals surface area (Å²) in [6.45, 7) is 0.736. The molecule has 0 radical (unpaired) electrons. The minimum atomic E-state index is -0.413. The van der Waals surface area contributed by atoms with E-state index in [9.17, 15) is 9.90 Å². The number of benzene rings is 1. The van der Waals surface area contributed by atoms with Gasteiger partial charge in [0.15, 0.2) is 0 Å². The van der Waals surface area contributed by atoms with Gasteiger partial charge in [0.25, 0.3) is 5.91 Å². The summed E-state index contributed by atoms with van der Waals surface area (Å²) < 4.78 is 5.06. The minimum Gasteiger partial charge on any atom is -0.391 e. The zero-order valence-corrected chi connectivity index (χ0v) is 10.6. The molecule has 4 heteroatoms. The molecule has 0 aliphatic heterocycles. The van der Waals surface area contributed by atoms with E-state index in [1.54, 1.807) is 13.2 Å². The van der Waals surface area contributed by atoms with Crippen LogP contribution >= 0.6 is 0 Å². The molecule has 0 spiro atoms. The highest BCUT2D eigenvalue weighted by Crippen LogP contribution is 2.32. The molecule has 1 aromatic rings. The van der Waals surface area contributed by atoms with E-state index in [1.807, 2.05) is 18.2 Å². The summed E-state index contributed by atoms with van der Waals surface area (Å²) in [6.07, 6.45) is 1.72. The monoisotopic (exact) mass is 249 g/mol. The number of amides is 1. The van der Waals surface area contributed by atoms with Gasteiger partial charge < -0.3 is 15.2 Å². The highest BCUT2D eigenvalue weighted by atomic mass is 16.5. The number of nitrogens with one attached hydrogen (secondary N) is 1. The Labute approximate surface area is 107 Å². The molecule has 0 aromatic heterocycles. The van der Waals surface area contributed by atoms with E-state index in [2.05, 4.69) is 5.32 Å². The normalized spacial score (nSPS) is 16.3. The topological polar surface area (TPSA) is 58.6 Å². The van der Waals surface area contributed by atoms with Crippen molar-refractivity contribution in [1.82, 2.24) is 5.32 Å². The Morgan fingerprint density at radius 3 is 2.89 bits per heavy atom. The number of methoxy groups -OCH3 is 1. The Balaban J connectivity index is 1.94. The van der Waals surface area contributed by atoms with Crippen LogP contribution in [0.2, 0.25) is 0 Å². The largest absolute Gasteiger partial charge is 0.391 e. The first-order valence-corrected chi connectivity index (χ1v) is 6.25. The van der Waals surface area contributed by atoms with Crippen LogP contribution in [0.25, 0.3) is 0 Å². The van der Waals surface area contributed by atoms with E-state index in [-0.39, 0.29) is 5.91 Å². The van der Waals surface area contributed by atoms with Gasteiger partial charge in [-0.3, -0.25) is 4.79 Å². The van der Waals surface area contributed by atoms with Gasteiger partial charge in [0.2, 0.25) is 0 Å². The molecule has 0 saturated heterocycles. The molecular formula is C14H19NO3. The van der Waals surface area contributed by atoms with Crippen molar-refractivity contribution >= 4 is 5.91 Å². The molecule has 18 heavy (non-hydrogen) atoms. The highest BCUT2D eigenvalue weighted by Gasteiger charge is 2.29. The number of aliphatic hydroxyl groups is 1. The number of hydrogen-bond donors (Lipinski definition) is 2. The van der Waals surface area contributed by atoms with Crippen molar-refractivity contribution in [1.29, 1.82) is 0 Å². The van der Waals surface area contributed by atoms with Crippen molar-refractivity contribution in [2.75, 3.05) is 13.7 Å². The lowest BCUT2D eigenvalue weighted by atomic mass is 10.1. The second kappa shape index (κ2) is 5.98. The Hall–Kier alpha value is -1.39. The predicted octanol–water partition coefficient (Wildman–Crippen LogP) is 1.33. The van der Waals surface area contributed by atoms with Crippen molar-refractivity contribution < 1.29 is 14.6 Å². The van der Waals surface area contributed by atoms with E-state index >= 15 is 0 Å². The van der Waals surface area contributed by atoms with Gasteiger partial charge in [-0.2, -0.15) is 0 Å². The van der Waals surface area contributed by atoms with Crippen LogP contribution in [0, 0.1) is 5.92 Å². The molecule has 1 aromatic carbocycles. The Bertz CT molecular complexity index is 415. The van der Waals surface area contributed by atoms with E-state index in [0.29, 0.717) is 24.6 Å². The van der Waals surface area contributed by atoms with E-state index in [1.165, 1.54) is 0 Å². The van der Waals surface area contributed by atoms with Gasteiger partial charge in [-0.15, -0.1) is 0 Å². The second-order valence-corrected chi connectivity index (χ2v) is 4.70. The zero-order valence-electron chi connectivity index (χ0n) is 10.6. The minimum absolute atomic E-state index is 0.151. The van der Waals surface area contributed by atoms with Crippen molar-refractivity contribution in [3.05, 3.63) is 35.4 Å². The molecule has 1 atom stereocenters. The average Bonchev–Trinajstić information content (AvgIpc) is 3.21. The molecule has 1 aliphatic rings. The molecule has 1 fully saturated rings. The fourth-order valence-electron chi connectivity index (χ4n) is 1.96. The van der Waals surface area contributed by atoms with Crippen LogP contribution in [0.1, 0.15) is 28.8 Å². The van der Waals surface area contributed by atoms with Crippen LogP contribution in [0.5, 0.6) is 0 Å². The highest BCUT2D eigenvalue weighted by molar-refractivity contribution is 5.95. The van der Waals surface area contributed by atoms with Crippen LogP contribution in [0.15, 0.2) is 24.3 Å². The molecule has 1 unspecified atom stereocenters.